The highest BCUT2D eigenvalue weighted by Gasteiger charge is 2.27. The maximum atomic E-state index is 14.2. The van der Waals surface area contributed by atoms with Crippen molar-refractivity contribution in [2.75, 3.05) is 0 Å². The Balaban J connectivity index is 0.00000109. The third kappa shape index (κ3) is 4.07. The summed E-state index contributed by atoms with van der Waals surface area (Å²) in [4.78, 5) is 0. The van der Waals surface area contributed by atoms with Crippen LogP contribution in [-0.2, 0) is 0 Å². The second kappa shape index (κ2) is 8.26. The van der Waals surface area contributed by atoms with Crippen molar-refractivity contribution in [1.29, 1.82) is 0 Å². The van der Waals surface area contributed by atoms with Crippen molar-refractivity contribution in [3.05, 3.63) is 83.3 Å². The highest BCUT2D eigenvalue weighted by atomic mass is 35.5. The number of hydrogen-bond donors (Lipinski definition) is 1. The van der Waals surface area contributed by atoms with Crippen molar-refractivity contribution < 1.29 is 13.2 Å². The highest BCUT2D eigenvalue weighted by Crippen LogP contribution is 2.37. The van der Waals surface area contributed by atoms with Gasteiger partial charge in [0.2, 0.25) is 0 Å². The molecule has 1 atom stereocenters. The molecule has 1 heterocycles. The van der Waals surface area contributed by atoms with Crippen LogP contribution in [0.3, 0.4) is 0 Å². The Bertz CT molecular complexity index is 777. The first-order valence-electron chi connectivity index (χ1n) is 8.00. The van der Waals surface area contributed by atoms with Crippen LogP contribution >= 0.6 is 11.6 Å². The van der Waals surface area contributed by atoms with E-state index < -0.39 is 22.8 Å². The zero-order valence-electron chi connectivity index (χ0n) is 14.0. The van der Waals surface area contributed by atoms with Crippen LogP contribution in [0.5, 0.6) is 0 Å². The largest absolute Gasteiger partial charge is 0.357 e. The lowest BCUT2D eigenvalue weighted by atomic mass is 9.91. The van der Waals surface area contributed by atoms with E-state index in [1.807, 2.05) is 44.2 Å². The van der Waals surface area contributed by atoms with Crippen molar-refractivity contribution >= 4 is 22.9 Å². The first-order chi connectivity index (χ1) is 12.0. The monoisotopic (exact) mass is 365 g/mol. The van der Waals surface area contributed by atoms with E-state index in [9.17, 15) is 13.2 Å². The summed E-state index contributed by atoms with van der Waals surface area (Å²) in [5.41, 5.74) is 1.81. The summed E-state index contributed by atoms with van der Waals surface area (Å²) in [6.07, 6.45) is 0.364. The molecular weight excluding hydrogens is 347 g/mol. The van der Waals surface area contributed by atoms with Gasteiger partial charge in [-0.3, -0.25) is 0 Å². The van der Waals surface area contributed by atoms with E-state index in [2.05, 4.69) is 11.9 Å². The molecule has 0 aromatic heterocycles. The zero-order valence-corrected chi connectivity index (χ0v) is 14.8. The minimum atomic E-state index is -0.973. The molecule has 0 radical (unpaired) electrons. The molecule has 25 heavy (non-hydrogen) atoms. The van der Waals surface area contributed by atoms with Gasteiger partial charge < -0.3 is 5.32 Å². The summed E-state index contributed by atoms with van der Waals surface area (Å²) in [6.45, 7) is 7.78. The zero-order chi connectivity index (χ0) is 18.6. The number of alkyl halides is 1. The fourth-order valence-electron chi connectivity index (χ4n) is 2.61. The third-order valence-corrected chi connectivity index (χ3v) is 4.15. The fraction of sp³-hybridized carbons (Fsp3) is 0.200. The van der Waals surface area contributed by atoms with Gasteiger partial charge in [-0.2, -0.15) is 0 Å². The number of allylic oxidation sites excluding steroid dienone is 2. The molecule has 0 spiro atoms. The molecule has 1 nitrogen and oxygen atoms in total. The van der Waals surface area contributed by atoms with Crippen molar-refractivity contribution in [1.82, 2.24) is 5.32 Å². The van der Waals surface area contributed by atoms with E-state index in [1.54, 1.807) is 0 Å². The summed E-state index contributed by atoms with van der Waals surface area (Å²) >= 11 is 6.23. The van der Waals surface area contributed by atoms with Crippen molar-refractivity contribution in [2.45, 2.75) is 25.6 Å². The van der Waals surface area contributed by atoms with Crippen molar-refractivity contribution in [2.24, 2.45) is 0 Å². The van der Waals surface area contributed by atoms with Crippen LogP contribution in [0.2, 0.25) is 0 Å². The summed E-state index contributed by atoms with van der Waals surface area (Å²) in [7, 11) is 0. The van der Waals surface area contributed by atoms with E-state index in [0.717, 1.165) is 5.56 Å². The first kappa shape index (κ1) is 19.1. The van der Waals surface area contributed by atoms with Gasteiger partial charge in [0.15, 0.2) is 0 Å². The Morgan fingerprint density at radius 3 is 2.16 bits per heavy atom. The van der Waals surface area contributed by atoms with Gasteiger partial charge in [0.1, 0.15) is 17.5 Å². The molecule has 1 aliphatic heterocycles. The van der Waals surface area contributed by atoms with Gasteiger partial charge in [-0.05, 0) is 17.6 Å². The van der Waals surface area contributed by atoms with E-state index in [0.29, 0.717) is 29.8 Å². The van der Waals surface area contributed by atoms with Crippen LogP contribution in [0, 0.1) is 17.5 Å². The maximum Gasteiger partial charge on any atom is 0.138 e. The Morgan fingerprint density at radius 2 is 1.60 bits per heavy atom. The lowest BCUT2D eigenvalue weighted by Crippen LogP contribution is -2.26. The molecule has 1 aliphatic rings. The molecule has 132 valence electrons. The van der Waals surface area contributed by atoms with Gasteiger partial charge in [0.05, 0.1) is 16.6 Å². The van der Waals surface area contributed by atoms with Gasteiger partial charge in [0.25, 0.3) is 0 Å². The van der Waals surface area contributed by atoms with E-state index in [4.69, 9.17) is 11.6 Å². The number of rotatable bonds is 2. The third-order valence-electron chi connectivity index (χ3n) is 3.73. The minimum Gasteiger partial charge on any atom is -0.357 e. The maximum absolute atomic E-state index is 14.2. The predicted octanol–water partition coefficient (Wildman–Crippen LogP) is 6.11. The molecular formula is C20H19ClF3N. The fourth-order valence-corrected chi connectivity index (χ4v) is 2.82. The first-order valence-corrected chi connectivity index (χ1v) is 8.44. The smallest absolute Gasteiger partial charge is 0.138 e. The number of halogens is 4. The quantitative estimate of drug-likeness (QED) is 0.633. The second-order valence-corrected chi connectivity index (χ2v) is 5.81. The average molecular weight is 366 g/mol. The Labute approximate surface area is 150 Å². The summed E-state index contributed by atoms with van der Waals surface area (Å²) in [6, 6.07) is 10.5. The molecule has 0 saturated carbocycles. The molecule has 0 fully saturated rings. The van der Waals surface area contributed by atoms with E-state index >= 15 is 0 Å². The van der Waals surface area contributed by atoms with Crippen molar-refractivity contribution in [3.63, 3.8) is 0 Å². The molecule has 2 aromatic carbocycles. The Hall–Kier alpha value is -2.20. The molecule has 0 aliphatic carbocycles. The molecule has 3 rings (SSSR count). The summed E-state index contributed by atoms with van der Waals surface area (Å²) < 4.78 is 41.6. The molecule has 0 amide bonds. The number of hydrogen-bond acceptors (Lipinski definition) is 1. The molecule has 1 N–H and O–H groups in total. The summed E-state index contributed by atoms with van der Waals surface area (Å²) in [5, 5.41) is 2.48. The van der Waals surface area contributed by atoms with Crippen LogP contribution in [-0.4, -0.2) is 5.38 Å². The van der Waals surface area contributed by atoms with Gasteiger partial charge in [-0.15, -0.1) is 11.6 Å². The van der Waals surface area contributed by atoms with Gasteiger partial charge >= 0.3 is 0 Å². The predicted molar refractivity (Wildman–Crippen MR) is 97.5 cm³/mol. The molecule has 5 heteroatoms. The summed E-state index contributed by atoms with van der Waals surface area (Å²) in [5.74, 6) is -2.91. The standard InChI is InChI=1S/C18H13ClF3N.C2H6/c1-10-14(19)9-13(11-5-3-2-4-6-11)18(23-10)17-15(21)7-12(20)8-16(17)22;1-2/h2-8,14,23H,1,9H2;1-2H3. The lowest BCUT2D eigenvalue weighted by Gasteiger charge is -2.28. The molecule has 1 unspecified atom stereocenters. The SMILES string of the molecule is C=C1NC(c2c(F)cc(F)cc2F)=C(c2ccccc2)CC1Cl.CC. The molecule has 0 saturated heterocycles. The number of benzene rings is 2. The minimum absolute atomic E-state index is 0.230. The van der Waals surface area contributed by atoms with Gasteiger partial charge in [-0.1, -0.05) is 50.8 Å². The van der Waals surface area contributed by atoms with E-state index in [-0.39, 0.29) is 11.3 Å². The second-order valence-electron chi connectivity index (χ2n) is 5.29. The van der Waals surface area contributed by atoms with Crippen LogP contribution < -0.4 is 5.32 Å². The van der Waals surface area contributed by atoms with Crippen LogP contribution in [0.15, 0.2) is 54.7 Å². The van der Waals surface area contributed by atoms with Crippen LogP contribution in [0.1, 0.15) is 31.4 Å². The normalized spacial score (nSPS) is 16.9. The van der Waals surface area contributed by atoms with E-state index in [1.165, 1.54) is 0 Å². The highest BCUT2D eigenvalue weighted by molar-refractivity contribution is 6.23. The Kier molecular flexibility index (Phi) is 6.32. The topological polar surface area (TPSA) is 12.0 Å². The van der Waals surface area contributed by atoms with Gasteiger partial charge in [0, 0.05) is 17.8 Å². The van der Waals surface area contributed by atoms with Gasteiger partial charge in [-0.25, -0.2) is 13.2 Å². The Morgan fingerprint density at radius 1 is 1.04 bits per heavy atom. The average Bonchev–Trinajstić information content (AvgIpc) is 2.59. The molecule has 0 bridgehead atoms. The van der Waals surface area contributed by atoms with Crippen molar-refractivity contribution in [3.8, 4) is 0 Å². The lowest BCUT2D eigenvalue weighted by molar-refractivity contribution is 0.537. The van der Waals surface area contributed by atoms with Crippen LogP contribution in [0.4, 0.5) is 13.2 Å². The van der Waals surface area contributed by atoms with Crippen LogP contribution in [0.25, 0.3) is 11.3 Å². The number of nitrogens with one attached hydrogen (secondary N) is 1. The molecule has 2 aromatic rings.